The van der Waals surface area contributed by atoms with Crippen molar-refractivity contribution < 1.29 is 0 Å². The second-order valence-electron chi connectivity index (χ2n) is 11.8. The molecule has 0 radical (unpaired) electrons. The fourth-order valence-corrected chi connectivity index (χ4v) is 7.11. The molecule has 0 bridgehead atoms. The third-order valence-corrected chi connectivity index (χ3v) is 9.18. The molecule has 0 aliphatic heterocycles. The molecular formula is C42H31N3. The van der Waals surface area contributed by atoms with Crippen molar-refractivity contribution in [3.8, 4) is 27.9 Å². The number of nitrogens with one attached hydrogen (secondary N) is 1. The second-order valence-corrected chi connectivity index (χ2v) is 11.8. The molecule has 0 atom stereocenters. The summed E-state index contributed by atoms with van der Waals surface area (Å²) >= 11 is 0. The van der Waals surface area contributed by atoms with E-state index in [1.807, 2.05) is 0 Å². The Bertz CT molecular complexity index is 2370. The molecule has 3 nitrogen and oxygen atoms in total. The summed E-state index contributed by atoms with van der Waals surface area (Å²) in [5.41, 5.74) is 17.3. The van der Waals surface area contributed by atoms with E-state index in [9.17, 15) is 0 Å². The van der Waals surface area contributed by atoms with E-state index in [1.54, 1.807) is 0 Å². The Hall–Kier alpha value is -5.80. The maximum atomic E-state index is 3.85. The Morgan fingerprint density at radius 2 is 1.22 bits per heavy atom. The minimum atomic E-state index is 0.997. The Balaban J connectivity index is 1.19. The summed E-state index contributed by atoms with van der Waals surface area (Å²) in [7, 11) is 0. The highest BCUT2D eigenvalue weighted by Crippen LogP contribution is 2.41. The average Bonchev–Trinajstić information content (AvgIpc) is 3.62. The number of rotatable bonds is 5. The summed E-state index contributed by atoms with van der Waals surface area (Å²) in [4.78, 5) is 0. The fourth-order valence-electron chi connectivity index (χ4n) is 7.11. The molecule has 1 aliphatic carbocycles. The summed E-state index contributed by atoms with van der Waals surface area (Å²) in [6.45, 7) is 0. The van der Waals surface area contributed by atoms with Crippen LogP contribution in [0.2, 0.25) is 0 Å². The van der Waals surface area contributed by atoms with Gasteiger partial charge in [0.2, 0.25) is 0 Å². The van der Waals surface area contributed by atoms with Crippen molar-refractivity contribution in [1.82, 2.24) is 9.24 Å². The van der Waals surface area contributed by atoms with Crippen LogP contribution in [0.25, 0.3) is 66.7 Å². The van der Waals surface area contributed by atoms with Crippen molar-refractivity contribution in [2.45, 2.75) is 12.8 Å². The molecule has 9 rings (SSSR count). The van der Waals surface area contributed by atoms with E-state index >= 15 is 0 Å². The molecule has 1 aliphatic rings. The lowest BCUT2D eigenvalue weighted by Gasteiger charge is -2.16. The number of fused-ring (bicyclic) bond motifs is 7. The number of anilines is 1. The van der Waals surface area contributed by atoms with Gasteiger partial charge in [0.15, 0.2) is 0 Å². The van der Waals surface area contributed by atoms with Crippen molar-refractivity contribution in [3.05, 3.63) is 163 Å². The smallest absolute Gasteiger partial charge is 0.0806 e. The van der Waals surface area contributed by atoms with Gasteiger partial charge in [0.05, 0.1) is 22.2 Å². The first-order valence-electron chi connectivity index (χ1n) is 15.7. The van der Waals surface area contributed by atoms with Gasteiger partial charge in [-0.1, -0.05) is 115 Å². The maximum Gasteiger partial charge on any atom is 0.0806 e. The monoisotopic (exact) mass is 577 g/mol. The van der Waals surface area contributed by atoms with Crippen molar-refractivity contribution in [2.24, 2.45) is 0 Å². The van der Waals surface area contributed by atoms with Gasteiger partial charge in [-0.3, -0.25) is 10.1 Å². The standard InChI is InChI=1S/C42H31N3/c1-3-12-29(13-4-1)31-14-11-15-32(28-31)30-22-24-33(25-23-30)43-45-39-21-10-7-18-35(39)36-26-27-40-41(42(36)45)37-19-8-9-20-38(37)44(40)34-16-5-2-6-17-34/h1-9,11-20,22-28,43H,10,21H2. The largest absolute Gasteiger partial charge is 0.309 e. The molecule has 214 valence electrons. The molecule has 0 unspecified atom stereocenters. The first-order chi connectivity index (χ1) is 22.3. The van der Waals surface area contributed by atoms with Crippen LogP contribution in [-0.4, -0.2) is 9.24 Å². The maximum absolute atomic E-state index is 3.85. The summed E-state index contributed by atoms with van der Waals surface area (Å²) < 4.78 is 4.76. The SMILES string of the molecule is C1=Cc2c(n(Nc3ccc(-c4cccc(-c5ccccc5)c4)cc3)c3c2ccc2c3c3ccccc3n2-c2ccccc2)CC1. The van der Waals surface area contributed by atoms with Gasteiger partial charge in [0, 0.05) is 33.1 Å². The van der Waals surface area contributed by atoms with Crippen LogP contribution < -0.4 is 5.43 Å². The Morgan fingerprint density at radius 3 is 2.02 bits per heavy atom. The lowest BCUT2D eigenvalue weighted by Crippen LogP contribution is -2.13. The van der Waals surface area contributed by atoms with Crippen LogP contribution in [0.3, 0.4) is 0 Å². The van der Waals surface area contributed by atoms with Gasteiger partial charge in [0.1, 0.15) is 0 Å². The number of hydrogen-bond donors (Lipinski definition) is 1. The molecular weight excluding hydrogens is 546 g/mol. The van der Waals surface area contributed by atoms with Gasteiger partial charge in [-0.15, -0.1) is 0 Å². The zero-order valence-electron chi connectivity index (χ0n) is 24.8. The summed E-state index contributed by atoms with van der Waals surface area (Å²) in [5, 5.41) is 3.82. The fraction of sp³-hybridized carbons (Fsp3) is 0.0476. The Labute approximate surface area is 262 Å². The van der Waals surface area contributed by atoms with E-state index in [0.29, 0.717) is 0 Å². The topological polar surface area (TPSA) is 21.9 Å². The summed E-state index contributed by atoms with van der Waals surface area (Å²) in [5.74, 6) is 0. The quantitative estimate of drug-likeness (QED) is 0.216. The first-order valence-corrected chi connectivity index (χ1v) is 15.7. The van der Waals surface area contributed by atoms with Crippen LogP contribution in [-0.2, 0) is 6.42 Å². The molecule has 0 fully saturated rings. The molecule has 45 heavy (non-hydrogen) atoms. The van der Waals surface area contributed by atoms with Gasteiger partial charge in [0.25, 0.3) is 0 Å². The Kier molecular flexibility index (Phi) is 5.95. The van der Waals surface area contributed by atoms with Crippen LogP contribution in [0, 0.1) is 0 Å². The van der Waals surface area contributed by atoms with E-state index in [2.05, 4.69) is 172 Å². The van der Waals surface area contributed by atoms with E-state index in [-0.39, 0.29) is 0 Å². The minimum absolute atomic E-state index is 0.997. The normalized spacial score (nSPS) is 12.6. The molecule has 0 saturated heterocycles. The second kappa shape index (κ2) is 10.4. The number of nitrogens with zero attached hydrogens (tertiary/aromatic N) is 2. The van der Waals surface area contributed by atoms with Crippen LogP contribution in [0.5, 0.6) is 0 Å². The lowest BCUT2D eigenvalue weighted by atomic mass is 9.99. The van der Waals surface area contributed by atoms with Gasteiger partial charge in [-0.2, -0.15) is 0 Å². The van der Waals surface area contributed by atoms with Crippen molar-refractivity contribution in [3.63, 3.8) is 0 Å². The molecule has 2 aromatic heterocycles. The van der Waals surface area contributed by atoms with E-state index in [4.69, 9.17) is 0 Å². The number of allylic oxidation sites excluding steroid dienone is 1. The van der Waals surface area contributed by atoms with Crippen LogP contribution in [0.1, 0.15) is 17.7 Å². The highest BCUT2D eigenvalue weighted by molar-refractivity contribution is 6.22. The van der Waals surface area contributed by atoms with Crippen LogP contribution in [0.15, 0.2) is 152 Å². The van der Waals surface area contributed by atoms with Crippen molar-refractivity contribution >= 4 is 44.5 Å². The van der Waals surface area contributed by atoms with Crippen molar-refractivity contribution in [1.29, 1.82) is 0 Å². The van der Waals surface area contributed by atoms with Gasteiger partial charge >= 0.3 is 0 Å². The first kappa shape index (κ1) is 25.7. The third kappa shape index (κ3) is 4.20. The summed E-state index contributed by atoms with van der Waals surface area (Å²) in [6, 6.07) is 52.3. The predicted molar refractivity (Wildman–Crippen MR) is 190 cm³/mol. The van der Waals surface area contributed by atoms with E-state index in [1.165, 1.54) is 71.9 Å². The van der Waals surface area contributed by atoms with Crippen molar-refractivity contribution in [2.75, 3.05) is 5.43 Å². The molecule has 1 N–H and O–H groups in total. The molecule has 8 aromatic rings. The highest BCUT2D eigenvalue weighted by Gasteiger charge is 2.23. The molecule has 0 amide bonds. The van der Waals surface area contributed by atoms with Crippen LogP contribution >= 0.6 is 0 Å². The van der Waals surface area contributed by atoms with E-state index in [0.717, 1.165) is 18.5 Å². The Morgan fingerprint density at radius 1 is 0.533 bits per heavy atom. The van der Waals surface area contributed by atoms with Crippen LogP contribution in [0.4, 0.5) is 5.69 Å². The number of aromatic nitrogens is 2. The number of hydrogen-bond acceptors (Lipinski definition) is 1. The van der Waals surface area contributed by atoms with Gasteiger partial charge in [-0.05, 0) is 77.6 Å². The molecule has 2 heterocycles. The molecule has 0 saturated carbocycles. The summed E-state index contributed by atoms with van der Waals surface area (Å²) in [6.07, 6.45) is 6.65. The lowest BCUT2D eigenvalue weighted by molar-refractivity contribution is 0.849. The zero-order chi connectivity index (χ0) is 29.7. The third-order valence-electron chi connectivity index (χ3n) is 9.18. The van der Waals surface area contributed by atoms with E-state index < -0.39 is 0 Å². The van der Waals surface area contributed by atoms with Gasteiger partial charge in [-0.25, -0.2) is 0 Å². The average molecular weight is 578 g/mol. The molecule has 6 aromatic carbocycles. The predicted octanol–water partition coefficient (Wildman–Crippen LogP) is 10.9. The van der Waals surface area contributed by atoms with Gasteiger partial charge < -0.3 is 4.57 Å². The number of benzene rings is 6. The zero-order valence-corrected chi connectivity index (χ0v) is 24.8. The molecule has 0 spiro atoms. The highest BCUT2D eigenvalue weighted by atomic mass is 15.4. The number of para-hydroxylation sites is 2. The minimum Gasteiger partial charge on any atom is -0.309 e. The molecule has 3 heteroatoms.